The molecular formula is C14H17BrFNO3. The number of carbonyl (C=O) groups excluding carboxylic acids is 1. The molecule has 6 heteroatoms. The van der Waals surface area contributed by atoms with Crippen molar-refractivity contribution >= 4 is 27.8 Å². The fraction of sp³-hybridized carbons (Fsp3) is 0.429. The van der Waals surface area contributed by atoms with Crippen LogP contribution in [-0.2, 0) is 16.0 Å². The molecule has 1 aromatic rings. The van der Waals surface area contributed by atoms with Crippen molar-refractivity contribution in [3.8, 4) is 0 Å². The van der Waals surface area contributed by atoms with Crippen LogP contribution < -0.4 is 5.32 Å². The van der Waals surface area contributed by atoms with Gasteiger partial charge < -0.3 is 10.4 Å². The molecule has 2 N–H and O–H groups in total. The maximum atomic E-state index is 13.1. The van der Waals surface area contributed by atoms with Crippen molar-refractivity contribution < 1.29 is 19.1 Å². The molecule has 0 bridgehead atoms. The highest BCUT2D eigenvalue weighted by atomic mass is 79.9. The molecule has 0 saturated carbocycles. The van der Waals surface area contributed by atoms with Crippen LogP contribution in [0.3, 0.4) is 0 Å². The third kappa shape index (κ3) is 5.28. The molecule has 0 aliphatic rings. The minimum Gasteiger partial charge on any atom is -0.480 e. The Labute approximate surface area is 125 Å². The number of benzene rings is 1. The van der Waals surface area contributed by atoms with Gasteiger partial charge in [0.25, 0.3) is 0 Å². The Bertz CT molecular complexity index is 493. The second-order valence-electron chi connectivity index (χ2n) is 4.53. The molecule has 0 aliphatic heterocycles. The van der Waals surface area contributed by atoms with Crippen LogP contribution in [0.1, 0.15) is 31.7 Å². The maximum Gasteiger partial charge on any atom is 0.326 e. The van der Waals surface area contributed by atoms with Crippen LogP contribution in [0.5, 0.6) is 0 Å². The number of amides is 1. The fourth-order valence-electron chi connectivity index (χ4n) is 1.75. The first-order valence-corrected chi connectivity index (χ1v) is 7.19. The van der Waals surface area contributed by atoms with E-state index in [1.54, 1.807) is 0 Å². The summed E-state index contributed by atoms with van der Waals surface area (Å²) in [6, 6.07) is 3.41. The van der Waals surface area contributed by atoms with E-state index < -0.39 is 17.8 Å². The van der Waals surface area contributed by atoms with Crippen molar-refractivity contribution in [2.75, 3.05) is 0 Å². The molecule has 1 amide bonds. The summed E-state index contributed by atoms with van der Waals surface area (Å²) in [7, 11) is 0. The van der Waals surface area contributed by atoms with E-state index in [1.807, 2.05) is 6.92 Å². The second kappa shape index (κ2) is 7.99. The van der Waals surface area contributed by atoms with Crippen LogP contribution in [0.25, 0.3) is 0 Å². The largest absolute Gasteiger partial charge is 0.480 e. The van der Waals surface area contributed by atoms with Gasteiger partial charge in [-0.25, -0.2) is 9.18 Å². The Kier molecular flexibility index (Phi) is 6.64. The van der Waals surface area contributed by atoms with Crippen molar-refractivity contribution in [3.63, 3.8) is 0 Å². The quantitative estimate of drug-likeness (QED) is 0.798. The highest BCUT2D eigenvalue weighted by Gasteiger charge is 2.19. The molecule has 0 aliphatic carbocycles. The molecule has 0 spiro atoms. The van der Waals surface area contributed by atoms with Gasteiger partial charge in [-0.3, -0.25) is 4.79 Å². The number of hydrogen-bond acceptors (Lipinski definition) is 2. The van der Waals surface area contributed by atoms with Crippen molar-refractivity contribution in [3.05, 3.63) is 34.1 Å². The second-order valence-corrected chi connectivity index (χ2v) is 5.38. The first kappa shape index (κ1) is 16.6. The molecule has 110 valence electrons. The number of rotatable bonds is 7. The van der Waals surface area contributed by atoms with E-state index in [1.165, 1.54) is 18.2 Å². The maximum absolute atomic E-state index is 13.1. The number of carboxylic acids is 1. The van der Waals surface area contributed by atoms with Crippen LogP contribution in [-0.4, -0.2) is 23.0 Å². The molecule has 1 unspecified atom stereocenters. The zero-order valence-corrected chi connectivity index (χ0v) is 12.7. The predicted molar refractivity (Wildman–Crippen MR) is 76.9 cm³/mol. The molecule has 1 aromatic carbocycles. The molecule has 0 radical (unpaired) electrons. The van der Waals surface area contributed by atoms with Gasteiger partial charge in [-0.15, -0.1) is 0 Å². The van der Waals surface area contributed by atoms with E-state index in [9.17, 15) is 14.0 Å². The fourth-order valence-corrected chi connectivity index (χ4v) is 2.17. The normalized spacial score (nSPS) is 11.9. The lowest BCUT2D eigenvalue weighted by molar-refractivity contribution is -0.142. The van der Waals surface area contributed by atoms with E-state index in [2.05, 4.69) is 21.2 Å². The average molecular weight is 346 g/mol. The summed E-state index contributed by atoms with van der Waals surface area (Å²) in [6.45, 7) is 1.96. The highest BCUT2D eigenvalue weighted by Crippen LogP contribution is 2.17. The van der Waals surface area contributed by atoms with E-state index in [4.69, 9.17) is 5.11 Å². The number of unbranched alkanes of at least 4 members (excludes halogenated alkanes) is 1. The molecule has 0 heterocycles. The van der Waals surface area contributed by atoms with Crippen molar-refractivity contribution in [2.45, 2.75) is 38.6 Å². The molecule has 1 atom stereocenters. The zero-order valence-electron chi connectivity index (χ0n) is 11.2. The summed E-state index contributed by atoms with van der Waals surface area (Å²) < 4.78 is 13.3. The Morgan fingerprint density at radius 3 is 2.70 bits per heavy atom. The number of hydrogen-bond donors (Lipinski definition) is 2. The summed E-state index contributed by atoms with van der Waals surface area (Å²) in [5.41, 5.74) is 0.621. The number of aliphatic carboxylic acids is 1. The number of halogens is 2. The Morgan fingerprint density at radius 2 is 2.15 bits per heavy atom. The predicted octanol–water partition coefficient (Wildman–Crippen LogP) is 2.89. The SMILES string of the molecule is CCCCC(NC(=O)Cc1ccc(F)c(Br)c1)C(=O)O. The van der Waals surface area contributed by atoms with Crippen molar-refractivity contribution in [1.82, 2.24) is 5.32 Å². The van der Waals surface area contributed by atoms with Crippen molar-refractivity contribution in [2.24, 2.45) is 0 Å². The molecule has 1 rings (SSSR count). The van der Waals surface area contributed by atoms with Gasteiger partial charge in [0, 0.05) is 0 Å². The van der Waals surface area contributed by atoms with Crippen LogP contribution in [0.15, 0.2) is 22.7 Å². The van der Waals surface area contributed by atoms with E-state index in [-0.39, 0.29) is 16.8 Å². The van der Waals surface area contributed by atoms with Gasteiger partial charge in [0.2, 0.25) is 5.91 Å². The minimum atomic E-state index is -1.04. The van der Waals surface area contributed by atoms with E-state index >= 15 is 0 Å². The molecule has 4 nitrogen and oxygen atoms in total. The molecule has 0 saturated heterocycles. The standard InChI is InChI=1S/C14H17BrFNO3/c1-2-3-4-12(14(19)20)17-13(18)8-9-5-6-11(16)10(15)7-9/h5-7,12H,2-4,8H2,1H3,(H,17,18)(H,19,20). The lowest BCUT2D eigenvalue weighted by Crippen LogP contribution is -2.41. The summed E-state index contributed by atoms with van der Waals surface area (Å²) in [5.74, 6) is -1.82. The molecule has 0 aromatic heterocycles. The number of carbonyl (C=O) groups is 2. The van der Waals surface area contributed by atoms with E-state index in [0.717, 1.165) is 12.8 Å². The topological polar surface area (TPSA) is 66.4 Å². The Morgan fingerprint density at radius 1 is 1.45 bits per heavy atom. The first-order valence-electron chi connectivity index (χ1n) is 6.40. The summed E-state index contributed by atoms with van der Waals surface area (Å²) in [4.78, 5) is 22.8. The van der Waals surface area contributed by atoms with Gasteiger partial charge >= 0.3 is 5.97 Å². The molecule has 20 heavy (non-hydrogen) atoms. The summed E-state index contributed by atoms with van der Waals surface area (Å²) in [5, 5.41) is 11.5. The number of carboxylic acid groups (broad SMARTS) is 1. The van der Waals surface area contributed by atoms with Gasteiger partial charge in [0.1, 0.15) is 11.9 Å². The van der Waals surface area contributed by atoms with Crippen LogP contribution in [0.2, 0.25) is 0 Å². The van der Waals surface area contributed by atoms with Gasteiger partial charge in [-0.1, -0.05) is 25.8 Å². The van der Waals surface area contributed by atoms with Gasteiger partial charge in [0.05, 0.1) is 10.9 Å². The average Bonchev–Trinajstić information content (AvgIpc) is 2.38. The van der Waals surface area contributed by atoms with Gasteiger partial charge in [-0.05, 0) is 40.0 Å². The summed E-state index contributed by atoms with van der Waals surface area (Å²) >= 11 is 3.04. The Balaban J connectivity index is 2.60. The van der Waals surface area contributed by atoms with Crippen LogP contribution in [0, 0.1) is 5.82 Å². The Hall–Kier alpha value is -1.43. The van der Waals surface area contributed by atoms with E-state index in [0.29, 0.717) is 12.0 Å². The monoisotopic (exact) mass is 345 g/mol. The lowest BCUT2D eigenvalue weighted by atomic mass is 10.1. The lowest BCUT2D eigenvalue weighted by Gasteiger charge is -2.14. The third-order valence-electron chi connectivity index (χ3n) is 2.83. The first-order chi connectivity index (χ1) is 9.43. The smallest absolute Gasteiger partial charge is 0.326 e. The zero-order chi connectivity index (χ0) is 15.1. The number of nitrogens with one attached hydrogen (secondary N) is 1. The van der Waals surface area contributed by atoms with Crippen LogP contribution >= 0.6 is 15.9 Å². The molecular weight excluding hydrogens is 329 g/mol. The highest BCUT2D eigenvalue weighted by molar-refractivity contribution is 9.10. The minimum absolute atomic E-state index is 0.0226. The molecule has 0 fully saturated rings. The summed E-state index contributed by atoms with van der Waals surface area (Å²) in [6.07, 6.45) is 2.03. The van der Waals surface area contributed by atoms with Gasteiger partial charge in [0.15, 0.2) is 0 Å². The van der Waals surface area contributed by atoms with Crippen molar-refractivity contribution in [1.29, 1.82) is 0 Å². The third-order valence-corrected chi connectivity index (χ3v) is 3.44. The van der Waals surface area contributed by atoms with Gasteiger partial charge in [-0.2, -0.15) is 0 Å². The van der Waals surface area contributed by atoms with Crippen LogP contribution in [0.4, 0.5) is 4.39 Å².